The Morgan fingerprint density at radius 1 is 1.19 bits per heavy atom. The molecule has 0 spiro atoms. The molecule has 7 nitrogen and oxygen atoms in total. The van der Waals surface area contributed by atoms with Gasteiger partial charge in [-0.1, -0.05) is 0 Å². The van der Waals surface area contributed by atoms with Crippen molar-refractivity contribution in [1.82, 2.24) is 9.88 Å². The van der Waals surface area contributed by atoms with Gasteiger partial charge >= 0.3 is 0 Å². The van der Waals surface area contributed by atoms with E-state index in [1.54, 1.807) is 35.2 Å². The third-order valence-corrected chi connectivity index (χ3v) is 3.96. The van der Waals surface area contributed by atoms with Crippen LogP contribution in [0.4, 0.5) is 5.69 Å². The number of hydrogen-bond donors (Lipinski definition) is 1. The van der Waals surface area contributed by atoms with Gasteiger partial charge in [-0.2, -0.15) is 0 Å². The number of pyridine rings is 1. The quantitative estimate of drug-likeness (QED) is 0.889. The lowest BCUT2D eigenvalue weighted by atomic mass is 10.2. The average molecular weight is 355 g/mol. The standard InChI is InChI=1S/C19H21N3O4/c1-2-26-16-5-3-15(4-6-16)21-18(23)17-13-14(7-8-20-17)19(24)22-9-11-25-12-10-22/h3-8,13H,2,9-12H2,1H3,(H,21,23). The van der Waals surface area contributed by atoms with Crippen molar-refractivity contribution in [2.24, 2.45) is 0 Å². The number of nitrogens with one attached hydrogen (secondary N) is 1. The Balaban J connectivity index is 1.68. The fourth-order valence-corrected chi connectivity index (χ4v) is 2.63. The molecular formula is C19H21N3O4. The lowest BCUT2D eigenvalue weighted by molar-refractivity contribution is 0.0303. The molecule has 136 valence electrons. The van der Waals surface area contributed by atoms with E-state index < -0.39 is 0 Å². The zero-order valence-electron chi connectivity index (χ0n) is 14.6. The van der Waals surface area contributed by atoms with Gasteiger partial charge in [-0.25, -0.2) is 0 Å². The van der Waals surface area contributed by atoms with E-state index in [2.05, 4.69) is 10.3 Å². The summed E-state index contributed by atoms with van der Waals surface area (Å²) in [6.45, 7) is 4.65. The molecule has 0 radical (unpaired) electrons. The van der Waals surface area contributed by atoms with Crippen LogP contribution < -0.4 is 10.1 Å². The van der Waals surface area contributed by atoms with Gasteiger partial charge in [0.25, 0.3) is 11.8 Å². The highest BCUT2D eigenvalue weighted by molar-refractivity contribution is 6.04. The van der Waals surface area contributed by atoms with Crippen molar-refractivity contribution in [3.8, 4) is 5.75 Å². The fourth-order valence-electron chi connectivity index (χ4n) is 2.63. The molecule has 1 aromatic carbocycles. The Kier molecular flexibility index (Phi) is 5.80. The number of aromatic nitrogens is 1. The first-order chi connectivity index (χ1) is 12.7. The first-order valence-corrected chi connectivity index (χ1v) is 8.54. The molecule has 26 heavy (non-hydrogen) atoms. The highest BCUT2D eigenvalue weighted by Gasteiger charge is 2.20. The maximum Gasteiger partial charge on any atom is 0.274 e. The number of rotatable bonds is 5. The van der Waals surface area contributed by atoms with Crippen LogP contribution in [0.5, 0.6) is 5.75 Å². The SMILES string of the molecule is CCOc1ccc(NC(=O)c2cc(C(=O)N3CCOCC3)ccn2)cc1. The van der Waals surface area contributed by atoms with E-state index in [0.717, 1.165) is 5.75 Å². The van der Waals surface area contributed by atoms with Crippen molar-refractivity contribution in [1.29, 1.82) is 0 Å². The summed E-state index contributed by atoms with van der Waals surface area (Å²) in [7, 11) is 0. The van der Waals surface area contributed by atoms with E-state index in [9.17, 15) is 9.59 Å². The van der Waals surface area contributed by atoms with Crippen molar-refractivity contribution in [3.05, 3.63) is 53.9 Å². The number of hydrogen-bond acceptors (Lipinski definition) is 5. The van der Waals surface area contributed by atoms with Crippen LogP contribution in [0.1, 0.15) is 27.8 Å². The third kappa shape index (κ3) is 4.37. The number of anilines is 1. The number of benzene rings is 1. The van der Waals surface area contributed by atoms with Crippen LogP contribution in [0.2, 0.25) is 0 Å². The molecule has 1 aliphatic rings. The highest BCUT2D eigenvalue weighted by Crippen LogP contribution is 2.16. The normalized spacial score (nSPS) is 14.0. The second-order valence-electron chi connectivity index (χ2n) is 5.75. The van der Waals surface area contributed by atoms with Gasteiger partial charge in [-0.3, -0.25) is 14.6 Å². The van der Waals surface area contributed by atoms with Gasteiger partial charge in [0.2, 0.25) is 0 Å². The zero-order valence-corrected chi connectivity index (χ0v) is 14.6. The van der Waals surface area contributed by atoms with E-state index in [4.69, 9.17) is 9.47 Å². The summed E-state index contributed by atoms with van der Waals surface area (Å²) < 4.78 is 10.6. The van der Waals surface area contributed by atoms with Crippen LogP contribution in [-0.2, 0) is 4.74 Å². The van der Waals surface area contributed by atoms with E-state index >= 15 is 0 Å². The van der Waals surface area contributed by atoms with Gasteiger partial charge in [0.1, 0.15) is 11.4 Å². The molecule has 7 heteroatoms. The van der Waals surface area contributed by atoms with Gasteiger partial charge in [-0.05, 0) is 43.3 Å². The lowest BCUT2D eigenvalue weighted by Gasteiger charge is -2.26. The van der Waals surface area contributed by atoms with E-state index in [1.165, 1.54) is 12.3 Å². The van der Waals surface area contributed by atoms with Crippen LogP contribution in [0.25, 0.3) is 0 Å². The molecule has 1 N–H and O–H groups in total. The second-order valence-corrected chi connectivity index (χ2v) is 5.75. The summed E-state index contributed by atoms with van der Waals surface area (Å²) in [4.78, 5) is 30.7. The van der Waals surface area contributed by atoms with Gasteiger partial charge in [-0.15, -0.1) is 0 Å². The average Bonchev–Trinajstić information content (AvgIpc) is 2.70. The number of nitrogens with zero attached hydrogens (tertiary/aromatic N) is 2. The van der Waals surface area contributed by atoms with Crippen LogP contribution in [0, 0.1) is 0 Å². The Morgan fingerprint density at radius 3 is 2.62 bits per heavy atom. The Labute approximate surface area is 151 Å². The Hall–Kier alpha value is -2.93. The second kappa shape index (κ2) is 8.44. The number of carbonyl (C=O) groups is 2. The molecule has 2 heterocycles. The summed E-state index contributed by atoms with van der Waals surface area (Å²) >= 11 is 0. The van der Waals surface area contributed by atoms with Gasteiger partial charge in [0.15, 0.2) is 0 Å². The van der Waals surface area contributed by atoms with Crippen molar-refractivity contribution >= 4 is 17.5 Å². The molecule has 1 aliphatic heterocycles. The predicted octanol–water partition coefficient (Wildman–Crippen LogP) is 2.21. The molecule has 1 saturated heterocycles. The van der Waals surface area contributed by atoms with Gasteiger partial charge in [0, 0.05) is 30.5 Å². The van der Waals surface area contributed by atoms with Gasteiger partial charge in [0.05, 0.1) is 19.8 Å². The fraction of sp³-hybridized carbons (Fsp3) is 0.316. The molecule has 1 aromatic heterocycles. The maximum atomic E-state index is 12.5. The molecule has 0 saturated carbocycles. The molecule has 0 bridgehead atoms. The van der Waals surface area contributed by atoms with Crippen molar-refractivity contribution in [2.75, 3.05) is 38.2 Å². The summed E-state index contributed by atoms with van der Waals surface area (Å²) in [6.07, 6.45) is 1.47. The minimum Gasteiger partial charge on any atom is -0.494 e. The topological polar surface area (TPSA) is 80.8 Å². The first kappa shape index (κ1) is 17.9. The molecule has 3 rings (SSSR count). The van der Waals surface area contributed by atoms with E-state index in [0.29, 0.717) is 44.2 Å². The summed E-state index contributed by atoms with van der Waals surface area (Å²) in [5, 5.41) is 2.77. The molecule has 2 aromatic rings. The van der Waals surface area contributed by atoms with Crippen LogP contribution in [0.3, 0.4) is 0 Å². The minimum absolute atomic E-state index is 0.120. The molecule has 2 amide bonds. The Morgan fingerprint density at radius 2 is 1.92 bits per heavy atom. The number of morpholine rings is 1. The smallest absolute Gasteiger partial charge is 0.274 e. The third-order valence-electron chi connectivity index (χ3n) is 3.96. The molecule has 0 atom stereocenters. The van der Waals surface area contributed by atoms with Crippen LogP contribution in [0.15, 0.2) is 42.6 Å². The van der Waals surface area contributed by atoms with E-state index in [-0.39, 0.29) is 17.5 Å². The van der Waals surface area contributed by atoms with Crippen molar-refractivity contribution in [2.45, 2.75) is 6.92 Å². The number of amides is 2. The zero-order chi connectivity index (χ0) is 18.4. The maximum absolute atomic E-state index is 12.5. The minimum atomic E-state index is -0.370. The number of carbonyl (C=O) groups excluding carboxylic acids is 2. The van der Waals surface area contributed by atoms with Crippen LogP contribution in [-0.4, -0.2) is 54.6 Å². The van der Waals surface area contributed by atoms with Crippen molar-refractivity contribution in [3.63, 3.8) is 0 Å². The Bertz CT molecular complexity index is 771. The van der Waals surface area contributed by atoms with Gasteiger partial charge < -0.3 is 19.7 Å². The number of ether oxygens (including phenoxy) is 2. The summed E-state index contributed by atoms with van der Waals surface area (Å²) in [5.41, 5.74) is 1.27. The summed E-state index contributed by atoms with van der Waals surface area (Å²) in [6, 6.07) is 10.2. The molecule has 1 fully saturated rings. The van der Waals surface area contributed by atoms with Crippen LogP contribution >= 0.6 is 0 Å². The monoisotopic (exact) mass is 355 g/mol. The first-order valence-electron chi connectivity index (χ1n) is 8.54. The molecule has 0 unspecified atom stereocenters. The molecular weight excluding hydrogens is 334 g/mol. The molecule has 0 aliphatic carbocycles. The lowest BCUT2D eigenvalue weighted by Crippen LogP contribution is -2.40. The highest BCUT2D eigenvalue weighted by atomic mass is 16.5. The van der Waals surface area contributed by atoms with Crippen molar-refractivity contribution < 1.29 is 19.1 Å². The van der Waals surface area contributed by atoms with E-state index in [1.807, 2.05) is 6.92 Å². The predicted molar refractivity (Wildman–Crippen MR) is 96.5 cm³/mol. The largest absolute Gasteiger partial charge is 0.494 e. The summed E-state index contributed by atoms with van der Waals surface area (Å²) in [5.74, 6) is 0.248.